The molecule has 2 atom stereocenters. The molecular formula is C16H17ClN2O4. The van der Waals surface area contributed by atoms with Gasteiger partial charge in [0, 0.05) is 12.1 Å². The van der Waals surface area contributed by atoms with Gasteiger partial charge in [-0.05, 0) is 31.0 Å². The molecule has 1 aromatic rings. The van der Waals surface area contributed by atoms with Gasteiger partial charge in [-0.2, -0.15) is 0 Å². The number of nitrogens with one attached hydrogen (secondary N) is 2. The van der Waals surface area contributed by atoms with E-state index in [1.54, 1.807) is 18.2 Å². The average Bonchev–Trinajstić information content (AvgIpc) is 2.54. The van der Waals surface area contributed by atoms with E-state index in [2.05, 4.69) is 10.6 Å². The van der Waals surface area contributed by atoms with Crippen LogP contribution in [0.2, 0.25) is 5.02 Å². The lowest BCUT2D eigenvalue weighted by Crippen LogP contribution is -2.35. The van der Waals surface area contributed by atoms with Gasteiger partial charge in [0.15, 0.2) is 0 Å². The maximum Gasteiger partial charge on any atom is 0.307 e. The lowest BCUT2D eigenvalue weighted by molar-refractivity contribution is -0.146. The molecule has 2 rings (SSSR count). The molecule has 0 heterocycles. The Morgan fingerprint density at radius 2 is 1.83 bits per heavy atom. The van der Waals surface area contributed by atoms with Gasteiger partial charge < -0.3 is 15.7 Å². The molecule has 3 N–H and O–H groups in total. The molecule has 0 unspecified atom stereocenters. The number of carbonyl (C=O) groups excluding carboxylic acids is 2. The number of carboxylic acid groups (broad SMARTS) is 1. The van der Waals surface area contributed by atoms with Crippen molar-refractivity contribution in [3.05, 3.63) is 40.9 Å². The fraction of sp³-hybridized carbons (Fsp3) is 0.312. The van der Waals surface area contributed by atoms with E-state index in [4.69, 9.17) is 11.6 Å². The molecule has 0 aromatic heterocycles. The molecule has 0 saturated heterocycles. The van der Waals surface area contributed by atoms with E-state index >= 15 is 0 Å². The molecule has 1 aromatic carbocycles. The molecule has 23 heavy (non-hydrogen) atoms. The number of hydrogen-bond donors (Lipinski definition) is 3. The van der Waals surface area contributed by atoms with E-state index < -0.39 is 23.7 Å². The van der Waals surface area contributed by atoms with Crippen molar-refractivity contribution in [3.63, 3.8) is 0 Å². The van der Waals surface area contributed by atoms with Crippen LogP contribution in [0.25, 0.3) is 0 Å². The van der Waals surface area contributed by atoms with Crippen LogP contribution in [-0.2, 0) is 9.59 Å². The fourth-order valence-corrected chi connectivity index (χ4v) is 2.73. The number of aliphatic carboxylic acids is 1. The molecule has 0 fully saturated rings. The monoisotopic (exact) mass is 336 g/mol. The smallest absolute Gasteiger partial charge is 0.307 e. The summed E-state index contributed by atoms with van der Waals surface area (Å²) in [5.41, 5.74) is 0.531. The standard InChI is InChI=1S/C16H17ClN2O4/c1-18-14(20)12-7-6-9(17)8-13(12)19-15(21)10-4-2-3-5-11(10)16(22)23/h2-3,6-8,10-11H,4-5H2,1H3,(H,18,20)(H,19,21)(H,22,23)/t10-,11-/m0/s1. The van der Waals surface area contributed by atoms with Crippen molar-refractivity contribution >= 4 is 35.1 Å². The molecule has 1 aliphatic rings. The summed E-state index contributed by atoms with van der Waals surface area (Å²) in [5, 5.41) is 14.7. The summed E-state index contributed by atoms with van der Waals surface area (Å²) in [6, 6.07) is 4.52. The van der Waals surface area contributed by atoms with Crippen LogP contribution in [0.15, 0.2) is 30.4 Å². The summed E-state index contributed by atoms with van der Waals surface area (Å²) in [6.45, 7) is 0. The van der Waals surface area contributed by atoms with E-state index in [1.165, 1.54) is 19.2 Å². The van der Waals surface area contributed by atoms with Crippen LogP contribution in [0.4, 0.5) is 5.69 Å². The summed E-state index contributed by atoms with van der Waals surface area (Å²) >= 11 is 5.92. The van der Waals surface area contributed by atoms with Crippen molar-refractivity contribution in [1.82, 2.24) is 5.32 Å². The Bertz CT molecular complexity index is 672. The Morgan fingerprint density at radius 1 is 1.17 bits per heavy atom. The second-order valence-electron chi connectivity index (χ2n) is 5.25. The Kier molecular flexibility index (Phi) is 5.39. The normalized spacial score (nSPS) is 19.9. The van der Waals surface area contributed by atoms with Crippen LogP contribution in [-0.4, -0.2) is 29.9 Å². The second-order valence-corrected chi connectivity index (χ2v) is 5.69. The third-order valence-electron chi connectivity index (χ3n) is 3.80. The largest absolute Gasteiger partial charge is 0.481 e. The SMILES string of the molecule is CNC(=O)c1ccc(Cl)cc1NC(=O)[C@H]1CC=CC[C@@H]1C(=O)O. The predicted molar refractivity (Wildman–Crippen MR) is 86.5 cm³/mol. The minimum atomic E-state index is -1.01. The number of carboxylic acids is 1. The van der Waals surface area contributed by atoms with Gasteiger partial charge in [0.05, 0.1) is 23.1 Å². The van der Waals surface area contributed by atoms with Gasteiger partial charge in [0.1, 0.15) is 0 Å². The van der Waals surface area contributed by atoms with Crippen molar-refractivity contribution < 1.29 is 19.5 Å². The maximum absolute atomic E-state index is 12.5. The molecule has 0 bridgehead atoms. The minimum Gasteiger partial charge on any atom is -0.481 e. The first-order valence-corrected chi connectivity index (χ1v) is 7.52. The summed E-state index contributed by atoms with van der Waals surface area (Å²) < 4.78 is 0. The molecule has 2 amide bonds. The Balaban J connectivity index is 2.26. The average molecular weight is 337 g/mol. The Labute approximate surface area is 138 Å². The van der Waals surface area contributed by atoms with Crippen molar-refractivity contribution in [2.24, 2.45) is 11.8 Å². The highest BCUT2D eigenvalue weighted by Gasteiger charge is 2.34. The van der Waals surface area contributed by atoms with Gasteiger partial charge in [-0.3, -0.25) is 14.4 Å². The number of anilines is 1. The maximum atomic E-state index is 12.5. The summed E-state index contributed by atoms with van der Waals surface area (Å²) in [4.78, 5) is 35.6. The topological polar surface area (TPSA) is 95.5 Å². The number of carbonyl (C=O) groups is 3. The van der Waals surface area contributed by atoms with E-state index in [9.17, 15) is 19.5 Å². The van der Waals surface area contributed by atoms with E-state index in [0.717, 1.165) is 0 Å². The molecule has 0 saturated carbocycles. The zero-order valence-corrected chi connectivity index (χ0v) is 13.3. The number of benzene rings is 1. The molecule has 1 aliphatic carbocycles. The van der Waals surface area contributed by atoms with Gasteiger partial charge in [-0.25, -0.2) is 0 Å². The third-order valence-corrected chi connectivity index (χ3v) is 4.03. The summed E-state index contributed by atoms with van der Waals surface area (Å²) in [5.74, 6) is -3.27. The van der Waals surface area contributed by atoms with Gasteiger partial charge >= 0.3 is 5.97 Å². The van der Waals surface area contributed by atoms with Crippen molar-refractivity contribution in [3.8, 4) is 0 Å². The van der Waals surface area contributed by atoms with Crippen LogP contribution in [0.1, 0.15) is 23.2 Å². The second kappa shape index (κ2) is 7.28. The van der Waals surface area contributed by atoms with Crippen molar-refractivity contribution in [2.75, 3.05) is 12.4 Å². The number of rotatable bonds is 4. The predicted octanol–water partition coefficient (Wildman–Crippen LogP) is 2.31. The van der Waals surface area contributed by atoms with Crippen LogP contribution < -0.4 is 10.6 Å². The van der Waals surface area contributed by atoms with E-state index in [0.29, 0.717) is 17.9 Å². The van der Waals surface area contributed by atoms with Gasteiger partial charge in [-0.1, -0.05) is 23.8 Å². The van der Waals surface area contributed by atoms with E-state index in [-0.39, 0.29) is 17.2 Å². The first-order valence-electron chi connectivity index (χ1n) is 7.14. The minimum absolute atomic E-state index is 0.264. The summed E-state index contributed by atoms with van der Waals surface area (Å²) in [6.07, 6.45) is 4.21. The number of allylic oxidation sites excluding steroid dienone is 2. The van der Waals surface area contributed by atoms with Crippen LogP contribution >= 0.6 is 11.6 Å². The molecule has 7 heteroatoms. The lowest BCUT2D eigenvalue weighted by Gasteiger charge is -2.24. The van der Waals surface area contributed by atoms with Gasteiger partial charge in [0.25, 0.3) is 5.91 Å². The van der Waals surface area contributed by atoms with Crippen molar-refractivity contribution in [2.45, 2.75) is 12.8 Å². The van der Waals surface area contributed by atoms with Crippen LogP contribution in [0, 0.1) is 11.8 Å². The molecule has 6 nitrogen and oxygen atoms in total. The molecule has 0 aliphatic heterocycles. The molecule has 0 spiro atoms. The van der Waals surface area contributed by atoms with Gasteiger partial charge in [-0.15, -0.1) is 0 Å². The first kappa shape index (κ1) is 17.0. The Hall–Kier alpha value is -2.34. The van der Waals surface area contributed by atoms with Crippen LogP contribution in [0.5, 0.6) is 0 Å². The fourth-order valence-electron chi connectivity index (χ4n) is 2.55. The number of halogens is 1. The number of amides is 2. The lowest BCUT2D eigenvalue weighted by atomic mass is 9.82. The van der Waals surface area contributed by atoms with Crippen LogP contribution in [0.3, 0.4) is 0 Å². The zero-order chi connectivity index (χ0) is 17.0. The van der Waals surface area contributed by atoms with E-state index in [1.807, 2.05) is 0 Å². The summed E-state index contributed by atoms with van der Waals surface area (Å²) in [7, 11) is 1.48. The third kappa shape index (κ3) is 3.90. The highest BCUT2D eigenvalue weighted by molar-refractivity contribution is 6.31. The van der Waals surface area contributed by atoms with Gasteiger partial charge in [0.2, 0.25) is 5.91 Å². The molecule has 122 valence electrons. The number of hydrogen-bond acceptors (Lipinski definition) is 3. The highest BCUT2D eigenvalue weighted by atomic mass is 35.5. The highest BCUT2D eigenvalue weighted by Crippen LogP contribution is 2.28. The Morgan fingerprint density at radius 3 is 2.43 bits per heavy atom. The zero-order valence-electron chi connectivity index (χ0n) is 12.5. The molecular weight excluding hydrogens is 320 g/mol. The molecule has 0 radical (unpaired) electrons. The van der Waals surface area contributed by atoms with Crippen molar-refractivity contribution in [1.29, 1.82) is 0 Å². The first-order chi connectivity index (χ1) is 10.9. The quantitative estimate of drug-likeness (QED) is 0.735.